The maximum atomic E-state index is 11.6. The molecule has 0 aromatic heterocycles. The summed E-state index contributed by atoms with van der Waals surface area (Å²) < 4.78 is 5.46. The first-order valence-electron chi connectivity index (χ1n) is 5.55. The SMILES string of the molecule is O=C1OC2(CCNCC2)CN1CCCO. The molecule has 0 saturated carbocycles. The quantitative estimate of drug-likeness (QED) is 0.691. The average Bonchev–Trinajstić information content (AvgIpc) is 2.53. The van der Waals surface area contributed by atoms with Gasteiger partial charge >= 0.3 is 6.09 Å². The second-order valence-corrected chi connectivity index (χ2v) is 4.30. The van der Waals surface area contributed by atoms with Gasteiger partial charge in [-0.05, 0) is 19.5 Å². The van der Waals surface area contributed by atoms with Gasteiger partial charge in [0.2, 0.25) is 0 Å². The molecular formula is C10H18N2O3. The molecule has 0 unspecified atom stereocenters. The lowest BCUT2D eigenvalue weighted by Gasteiger charge is -2.31. The van der Waals surface area contributed by atoms with Crippen molar-refractivity contribution in [2.24, 2.45) is 0 Å². The molecule has 0 atom stereocenters. The summed E-state index contributed by atoms with van der Waals surface area (Å²) in [4.78, 5) is 13.3. The largest absolute Gasteiger partial charge is 0.441 e. The van der Waals surface area contributed by atoms with E-state index < -0.39 is 0 Å². The number of carbonyl (C=O) groups is 1. The number of rotatable bonds is 3. The van der Waals surface area contributed by atoms with E-state index in [-0.39, 0.29) is 18.3 Å². The predicted molar refractivity (Wildman–Crippen MR) is 54.6 cm³/mol. The Kier molecular flexibility index (Phi) is 3.11. The van der Waals surface area contributed by atoms with Crippen LogP contribution >= 0.6 is 0 Å². The summed E-state index contributed by atoms with van der Waals surface area (Å²) in [6, 6.07) is 0. The van der Waals surface area contributed by atoms with E-state index in [2.05, 4.69) is 5.32 Å². The summed E-state index contributed by atoms with van der Waals surface area (Å²) in [5.74, 6) is 0. The van der Waals surface area contributed by atoms with E-state index >= 15 is 0 Å². The highest BCUT2D eigenvalue weighted by molar-refractivity contribution is 5.70. The third-order valence-corrected chi connectivity index (χ3v) is 3.14. The van der Waals surface area contributed by atoms with Crippen molar-refractivity contribution in [1.29, 1.82) is 0 Å². The lowest BCUT2D eigenvalue weighted by Crippen LogP contribution is -2.44. The molecule has 0 aromatic carbocycles. The predicted octanol–water partition coefficient (Wildman–Crippen LogP) is -0.0568. The van der Waals surface area contributed by atoms with Gasteiger partial charge in [-0.1, -0.05) is 0 Å². The summed E-state index contributed by atoms with van der Waals surface area (Å²) in [5.41, 5.74) is -0.252. The summed E-state index contributed by atoms with van der Waals surface area (Å²) in [6.45, 7) is 3.25. The van der Waals surface area contributed by atoms with Crippen molar-refractivity contribution in [2.45, 2.75) is 24.9 Å². The van der Waals surface area contributed by atoms with E-state index in [0.717, 1.165) is 25.9 Å². The van der Waals surface area contributed by atoms with E-state index in [1.54, 1.807) is 4.90 Å². The maximum Gasteiger partial charge on any atom is 0.410 e. The van der Waals surface area contributed by atoms with Gasteiger partial charge < -0.3 is 20.1 Å². The molecule has 0 aromatic rings. The Morgan fingerprint density at radius 3 is 2.87 bits per heavy atom. The number of nitrogens with zero attached hydrogens (tertiary/aromatic N) is 1. The van der Waals surface area contributed by atoms with E-state index in [9.17, 15) is 4.79 Å². The van der Waals surface area contributed by atoms with Crippen LogP contribution in [0.2, 0.25) is 0 Å². The zero-order valence-electron chi connectivity index (χ0n) is 8.87. The van der Waals surface area contributed by atoms with Crippen LogP contribution in [0.1, 0.15) is 19.3 Å². The first-order valence-corrected chi connectivity index (χ1v) is 5.55. The third-order valence-electron chi connectivity index (χ3n) is 3.14. The van der Waals surface area contributed by atoms with E-state index in [4.69, 9.17) is 9.84 Å². The lowest BCUT2D eigenvalue weighted by molar-refractivity contribution is 0.0316. The minimum atomic E-state index is -0.252. The summed E-state index contributed by atoms with van der Waals surface area (Å²) in [5, 5.41) is 12.0. The maximum absolute atomic E-state index is 11.6. The van der Waals surface area contributed by atoms with Gasteiger partial charge in [0.25, 0.3) is 0 Å². The van der Waals surface area contributed by atoms with Gasteiger partial charge in [-0.25, -0.2) is 4.79 Å². The van der Waals surface area contributed by atoms with E-state index in [0.29, 0.717) is 19.5 Å². The van der Waals surface area contributed by atoms with Crippen LogP contribution in [0.5, 0.6) is 0 Å². The average molecular weight is 214 g/mol. The topological polar surface area (TPSA) is 61.8 Å². The Labute approximate surface area is 89.4 Å². The van der Waals surface area contributed by atoms with Crippen LogP contribution in [0.25, 0.3) is 0 Å². The minimum absolute atomic E-state index is 0.123. The second-order valence-electron chi connectivity index (χ2n) is 4.30. The lowest BCUT2D eigenvalue weighted by atomic mass is 9.92. The number of ether oxygens (including phenoxy) is 1. The molecule has 2 aliphatic rings. The summed E-state index contributed by atoms with van der Waals surface area (Å²) >= 11 is 0. The van der Waals surface area contributed by atoms with Crippen LogP contribution in [0.4, 0.5) is 4.79 Å². The third kappa shape index (κ3) is 2.23. The Bertz CT molecular complexity index is 239. The van der Waals surface area contributed by atoms with Gasteiger partial charge in [0, 0.05) is 26.0 Å². The molecule has 15 heavy (non-hydrogen) atoms. The van der Waals surface area contributed by atoms with Crippen molar-refractivity contribution in [1.82, 2.24) is 10.2 Å². The van der Waals surface area contributed by atoms with Crippen molar-refractivity contribution in [3.8, 4) is 0 Å². The van der Waals surface area contributed by atoms with Crippen molar-refractivity contribution >= 4 is 6.09 Å². The monoisotopic (exact) mass is 214 g/mol. The molecule has 2 heterocycles. The van der Waals surface area contributed by atoms with Gasteiger partial charge in [0.15, 0.2) is 0 Å². The van der Waals surface area contributed by atoms with Gasteiger partial charge in [0.05, 0.1) is 6.54 Å². The highest BCUT2D eigenvalue weighted by Gasteiger charge is 2.45. The normalized spacial score (nSPS) is 24.6. The molecule has 0 radical (unpaired) electrons. The molecule has 1 amide bonds. The Morgan fingerprint density at radius 2 is 2.20 bits per heavy atom. The standard InChI is InChI=1S/C10H18N2O3/c13-7-1-6-12-8-10(15-9(12)14)2-4-11-5-3-10/h11,13H,1-8H2. The molecule has 2 rings (SSSR count). The highest BCUT2D eigenvalue weighted by atomic mass is 16.6. The molecule has 0 aliphatic carbocycles. The fourth-order valence-electron chi connectivity index (χ4n) is 2.27. The van der Waals surface area contributed by atoms with Crippen LogP contribution in [0, 0.1) is 0 Å². The second kappa shape index (κ2) is 4.37. The fourth-order valence-corrected chi connectivity index (χ4v) is 2.27. The zero-order valence-corrected chi connectivity index (χ0v) is 8.87. The number of hydrogen-bond acceptors (Lipinski definition) is 4. The number of piperidine rings is 1. The van der Waals surface area contributed by atoms with Gasteiger partial charge in [-0.3, -0.25) is 0 Å². The van der Waals surface area contributed by atoms with Crippen molar-refractivity contribution < 1.29 is 14.6 Å². The molecule has 86 valence electrons. The van der Waals surface area contributed by atoms with E-state index in [1.807, 2.05) is 0 Å². The molecule has 5 heteroatoms. The molecule has 2 fully saturated rings. The Morgan fingerprint density at radius 1 is 1.47 bits per heavy atom. The number of aliphatic hydroxyl groups excluding tert-OH is 1. The zero-order chi connectivity index (χ0) is 10.7. The van der Waals surface area contributed by atoms with Crippen LogP contribution in [0.15, 0.2) is 0 Å². The number of aliphatic hydroxyl groups is 1. The fraction of sp³-hybridized carbons (Fsp3) is 0.900. The molecule has 0 bridgehead atoms. The van der Waals surface area contributed by atoms with Crippen molar-refractivity contribution in [3.63, 3.8) is 0 Å². The smallest absolute Gasteiger partial charge is 0.410 e. The van der Waals surface area contributed by atoms with Crippen LogP contribution in [-0.4, -0.2) is 54.5 Å². The molecule has 2 saturated heterocycles. The first-order chi connectivity index (χ1) is 7.26. The molecule has 5 nitrogen and oxygen atoms in total. The Hall–Kier alpha value is -0.810. The first kappa shape index (κ1) is 10.7. The van der Waals surface area contributed by atoms with Crippen molar-refractivity contribution in [2.75, 3.05) is 32.8 Å². The molecule has 2 aliphatic heterocycles. The molecular weight excluding hydrogens is 196 g/mol. The van der Waals surface area contributed by atoms with Gasteiger partial charge in [0.1, 0.15) is 5.60 Å². The summed E-state index contributed by atoms with van der Waals surface area (Å²) in [6.07, 6.45) is 2.21. The van der Waals surface area contributed by atoms with Crippen LogP contribution < -0.4 is 5.32 Å². The summed E-state index contributed by atoms with van der Waals surface area (Å²) in [7, 11) is 0. The molecule has 2 N–H and O–H groups in total. The van der Waals surface area contributed by atoms with E-state index in [1.165, 1.54) is 0 Å². The van der Waals surface area contributed by atoms with Gasteiger partial charge in [-0.15, -0.1) is 0 Å². The van der Waals surface area contributed by atoms with Crippen LogP contribution in [-0.2, 0) is 4.74 Å². The number of hydrogen-bond donors (Lipinski definition) is 2. The van der Waals surface area contributed by atoms with Crippen molar-refractivity contribution in [3.05, 3.63) is 0 Å². The number of nitrogens with one attached hydrogen (secondary N) is 1. The number of amides is 1. The number of carbonyl (C=O) groups excluding carboxylic acids is 1. The van der Waals surface area contributed by atoms with Crippen LogP contribution in [0.3, 0.4) is 0 Å². The minimum Gasteiger partial charge on any atom is -0.441 e. The Balaban J connectivity index is 1.92. The van der Waals surface area contributed by atoms with Gasteiger partial charge in [-0.2, -0.15) is 0 Å². The highest BCUT2D eigenvalue weighted by Crippen LogP contribution is 2.30. The molecule has 1 spiro atoms.